The number of anilines is 1. The van der Waals surface area contributed by atoms with Crippen molar-refractivity contribution in [3.63, 3.8) is 0 Å². The Hall–Kier alpha value is -5.24. The highest BCUT2D eigenvalue weighted by Crippen LogP contribution is 2.35. The van der Waals surface area contributed by atoms with E-state index in [-0.39, 0.29) is 58.9 Å². The Morgan fingerprint density at radius 3 is 2.50 bits per heavy atom. The fraction of sp³-hybridized carbons (Fsp3) is 0.273. The topological polar surface area (TPSA) is 158 Å². The molecule has 5 N–H and O–H groups in total. The van der Waals surface area contributed by atoms with E-state index in [4.69, 9.17) is 26.8 Å². The Balaban J connectivity index is 1.42. The molecule has 0 saturated heterocycles. The number of aromatic hydroxyl groups is 2. The number of benzene rings is 2. The molecule has 0 spiro atoms. The third-order valence-corrected chi connectivity index (χ3v) is 7.52. The molecule has 0 unspecified atom stereocenters. The van der Waals surface area contributed by atoms with E-state index in [1.807, 2.05) is 0 Å². The van der Waals surface area contributed by atoms with Gasteiger partial charge in [0.25, 0.3) is 0 Å². The van der Waals surface area contributed by atoms with Crippen molar-refractivity contribution >= 4 is 34.5 Å². The number of rotatable bonds is 9. The van der Waals surface area contributed by atoms with Gasteiger partial charge in [0.05, 0.1) is 23.8 Å². The van der Waals surface area contributed by atoms with Crippen LogP contribution < -0.4 is 15.8 Å². The first kappa shape index (κ1) is 34.1. The lowest BCUT2D eigenvalue weighted by Gasteiger charge is -2.24. The van der Waals surface area contributed by atoms with E-state index < -0.39 is 35.2 Å². The average molecular weight is 685 g/mol. The number of carbonyl (C=O) groups excluding carboxylic acids is 1. The smallest absolute Gasteiger partial charge is 0.408 e. The highest BCUT2D eigenvalue weighted by atomic mass is 35.5. The van der Waals surface area contributed by atoms with Gasteiger partial charge in [-0.3, -0.25) is 0 Å². The highest BCUT2D eigenvalue weighted by molar-refractivity contribution is 6.32. The van der Waals surface area contributed by atoms with Gasteiger partial charge in [-0.15, -0.1) is 0 Å². The molecule has 15 heteroatoms. The number of carbonyl (C=O) groups is 1. The molecule has 252 valence electrons. The fourth-order valence-corrected chi connectivity index (χ4v) is 5.21. The molecule has 3 aromatic heterocycles. The first-order valence-corrected chi connectivity index (χ1v) is 15.0. The minimum atomic E-state index is -1.64. The van der Waals surface area contributed by atoms with Gasteiger partial charge in [-0.05, 0) is 70.0 Å². The normalized spacial score (nSPS) is 12.2. The molecular formula is C33H32ClF3N6O5. The number of hydrogen-bond acceptors (Lipinski definition) is 9. The summed E-state index contributed by atoms with van der Waals surface area (Å²) in [6.45, 7) is 6.52. The van der Waals surface area contributed by atoms with Gasteiger partial charge < -0.3 is 30.7 Å². The monoisotopic (exact) mass is 684 g/mol. The number of phenolic OH excluding ortho intramolecular Hbond substituents is 2. The number of fused-ring (bicyclic) bond motifs is 1. The molecule has 0 saturated carbocycles. The molecule has 11 nitrogen and oxygen atoms in total. The number of pyridine rings is 2. The van der Waals surface area contributed by atoms with Gasteiger partial charge >= 0.3 is 6.09 Å². The van der Waals surface area contributed by atoms with Crippen LogP contribution >= 0.6 is 11.6 Å². The first-order chi connectivity index (χ1) is 22.6. The number of aromatic nitrogens is 4. The quantitative estimate of drug-likeness (QED) is 0.101. The van der Waals surface area contributed by atoms with Crippen LogP contribution in [0.25, 0.3) is 22.2 Å². The number of hydrogen-bond donors (Lipinski definition) is 4. The lowest BCUT2D eigenvalue weighted by atomic mass is 10.1. The minimum Gasteiger partial charge on any atom is -0.507 e. The standard InChI is InChI=1S/C33H32ClF3N6O5/c1-16-20-11-18(13-39-31(20)43(42-16)14-22-24(44)6-5-7-25(22)45)21-12-26(30(38)41-29(21)34)47-15-19(40-32(46)48-33(2,3)4)10-17-8-9-23(35)28(37)27(17)36/h5-9,11-13,19,44-45H,10,14-15H2,1-4H3,(H2,38,41)(H,40,46)/t19-/m0/s1. The number of amides is 1. The third-order valence-electron chi connectivity index (χ3n) is 7.23. The maximum Gasteiger partial charge on any atom is 0.408 e. The van der Waals surface area contributed by atoms with Crippen molar-refractivity contribution in [3.05, 3.63) is 88.1 Å². The molecule has 0 aliphatic rings. The molecule has 5 aromatic rings. The maximum atomic E-state index is 14.6. The fourth-order valence-electron chi connectivity index (χ4n) is 4.95. The summed E-state index contributed by atoms with van der Waals surface area (Å²) in [5.41, 5.74) is 7.37. The van der Waals surface area contributed by atoms with E-state index in [9.17, 15) is 28.2 Å². The minimum absolute atomic E-state index is 0.0393. The van der Waals surface area contributed by atoms with Crippen molar-refractivity contribution in [1.29, 1.82) is 0 Å². The zero-order valence-corrected chi connectivity index (χ0v) is 27.1. The average Bonchev–Trinajstić information content (AvgIpc) is 3.31. The van der Waals surface area contributed by atoms with E-state index in [1.165, 1.54) is 30.5 Å². The number of nitrogens with zero attached hydrogens (tertiary/aromatic N) is 4. The van der Waals surface area contributed by atoms with Gasteiger partial charge in [-0.25, -0.2) is 32.6 Å². The van der Waals surface area contributed by atoms with Crippen molar-refractivity contribution in [3.8, 4) is 28.4 Å². The van der Waals surface area contributed by atoms with E-state index in [2.05, 4.69) is 20.4 Å². The summed E-state index contributed by atoms with van der Waals surface area (Å²) in [6, 6.07) is 8.65. The van der Waals surface area contributed by atoms with Gasteiger partial charge in [0.15, 0.2) is 34.7 Å². The van der Waals surface area contributed by atoms with E-state index in [0.29, 0.717) is 27.9 Å². The van der Waals surface area contributed by atoms with Gasteiger partial charge in [-0.1, -0.05) is 23.7 Å². The second-order valence-corrected chi connectivity index (χ2v) is 12.4. The van der Waals surface area contributed by atoms with E-state index >= 15 is 0 Å². The van der Waals surface area contributed by atoms with E-state index in [0.717, 1.165) is 12.1 Å². The lowest BCUT2D eigenvalue weighted by molar-refractivity contribution is 0.0487. The number of aryl methyl sites for hydroxylation is 1. The van der Waals surface area contributed by atoms with Crippen molar-refractivity contribution in [1.82, 2.24) is 25.1 Å². The van der Waals surface area contributed by atoms with Crippen molar-refractivity contribution < 1.29 is 37.7 Å². The number of nitrogen functional groups attached to an aromatic ring is 1. The summed E-state index contributed by atoms with van der Waals surface area (Å²) in [6.07, 6.45) is 0.417. The van der Waals surface area contributed by atoms with Crippen LogP contribution in [-0.4, -0.2) is 54.3 Å². The molecule has 2 aromatic carbocycles. The van der Waals surface area contributed by atoms with Crippen LogP contribution in [-0.2, 0) is 17.7 Å². The number of alkyl carbamates (subject to hydrolysis) is 1. The number of nitrogens with one attached hydrogen (secondary N) is 1. The summed E-state index contributed by atoms with van der Waals surface area (Å²) in [5.74, 6) is -4.56. The summed E-state index contributed by atoms with van der Waals surface area (Å²) in [4.78, 5) is 21.3. The Morgan fingerprint density at radius 1 is 1.10 bits per heavy atom. The van der Waals surface area contributed by atoms with Crippen molar-refractivity contribution in [2.45, 2.75) is 52.3 Å². The van der Waals surface area contributed by atoms with Crippen molar-refractivity contribution in [2.24, 2.45) is 0 Å². The van der Waals surface area contributed by atoms with Crippen molar-refractivity contribution in [2.75, 3.05) is 12.3 Å². The number of halogens is 4. The molecule has 0 aliphatic heterocycles. The Morgan fingerprint density at radius 2 is 1.81 bits per heavy atom. The molecule has 1 amide bonds. The van der Waals surface area contributed by atoms with Gasteiger partial charge in [0.1, 0.15) is 28.9 Å². The van der Waals surface area contributed by atoms with E-state index in [1.54, 1.807) is 38.4 Å². The summed E-state index contributed by atoms with van der Waals surface area (Å²) < 4.78 is 54.9. The van der Waals surface area contributed by atoms with Gasteiger partial charge in [-0.2, -0.15) is 5.10 Å². The molecule has 0 aliphatic carbocycles. The SMILES string of the molecule is Cc1nn(Cc2c(O)cccc2O)c2ncc(-c3cc(OC[C@H](Cc4ccc(F)c(F)c4F)NC(=O)OC(C)(C)C)c(N)nc3Cl)cc12. The second kappa shape index (κ2) is 13.5. The Bertz CT molecular complexity index is 2000. The number of ether oxygens (including phenoxy) is 2. The number of nitrogens with two attached hydrogens (primary N) is 1. The van der Waals surface area contributed by atoms with Crippen LogP contribution in [0.4, 0.5) is 23.8 Å². The molecule has 48 heavy (non-hydrogen) atoms. The van der Waals surface area contributed by atoms with Crippen LogP contribution in [0.1, 0.15) is 37.6 Å². The van der Waals surface area contributed by atoms with Gasteiger partial charge in [0, 0.05) is 22.7 Å². The molecule has 0 bridgehead atoms. The summed E-state index contributed by atoms with van der Waals surface area (Å²) >= 11 is 6.49. The second-order valence-electron chi connectivity index (χ2n) is 12.0. The van der Waals surface area contributed by atoms with Crippen LogP contribution in [0.15, 0.2) is 48.7 Å². The molecule has 0 fully saturated rings. The summed E-state index contributed by atoms with van der Waals surface area (Å²) in [5, 5.41) is 28.3. The molecule has 5 rings (SSSR count). The molecule has 0 radical (unpaired) electrons. The summed E-state index contributed by atoms with van der Waals surface area (Å²) in [7, 11) is 0. The van der Waals surface area contributed by atoms with Gasteiger partial charge in [0.2, 0.25) is 0 Å². The Labute approximate surface area is 278 Å². The van der Waals surface area contributed by atoms with Crippen LogP contribution in [0, 0.1) is 24.4 Å². The number of phenols is 2. The largest absolute Gasteiger partial charge is 0.507 e. The highest BCUT2D eigenvalue weighted by Gasteiger charge is 2.24. The predicted molar refractivity (Wildman–Crippen MR) is 172 cm³/mol. The Kier molecular flexibility index (Phi) is 9.57. The first-order valence-electron chi connectivity index (χ1n) is 14.6. The predicted octanol–water partition coefficient (Wildman–Crippen LogP) is 6.43. The van der Waals surface area contributed by atoms with Crippen LogP contribution in [0.2, 0.25) is 5.15 Å². The lowest BCUT2D eigenvalue weighted by Crippen LogP contribution is -2.43. The zero-order valence-electron chi connectivity index (χ0n) is 26.3. The zero-order chi connectivity index (χ0) is 34.9. The molecular weight excluding hydrogens is 653 g/mol. The van der Waals surface area contributed by atoms with Crippen LogP contribution in [0.3, 0.4) is 0 Å². The maximum absolute atomic E-state index is 14.6. The van der Waals surface area contributed by atoms with Crippen LogP contribution in [0.5, 0.6) is 17.2 Å². The molecule has 3 heterocycles. The third kappa shape index (κ3) is 7.49. The molecule has 1 atom stereocenters.